The van der Waals surface area contributed by atoms with Crippen molar-refractivity contribution in [3.8, 4) is 0 Å². The summed E-state index contributed by atoms with van der Waals surface area (Å²) < 4.78 is 5.79. The van der Waals surface area contributed by atoms with Gasteiger partial charge in [0, 0.05) is 22.9 Å². The van der Waals surface area contributed by atoms with Crippen LogP contribution in [0.1, 0.15) is 30.6 Å². The molecule has 1 saturated carbocycles. The third-order valence-electron chi connectivity index (χ3n) is 4.21. The minimum atomic E-state index is 0. The standard InChI is InChI=1S/C16H20N2O2.ClH/c1-10-13-4-2-3-5-14(13)20-15(10)9-18-16(19)11-6-7-12(17)8-11;/h2-5,11-12H,6-9,17H2,1H3,(H,18,19);1H. The largest absolute Gasteiger partial charge is 0.459 e. The molecule has 114 valence electrons. The summed E-state index contributed by atoms with van der Waals surface area (Å²) in [6.07, 6.45) is 2.64. The van der Waals surface area contributed by atoms with Crippen molar-refractivity contribution in [2.45, 2.75) is 38.8 Å². The van der Waals surface area contributed by atoms with Crippen molar-refractivity contribution in [3.05, 3.63) is 35.6 Å². The molecule has 1 aromatic heterocycles. The van der Waals surface area contributed by atoms with Crippen LogP contribution in [0.25, 0.3) is 11.0 Å². The molecule has 3 N–H and O–H groups in total. The number of nitrogens with two attached hydrogens (primary N) is 1. The average Bonchev–Trinajstić information content (AvgIpc) is 3.01. The number of fused-ring (bicyclic) bond motifs is 1. The topological polar surface area (TPSA) is 68.3 Å². The van der Waals surface area contributed by atoms with Crippen molar-refractivity contribution < 1.29 is 9.21 Å². The fourth-order valence-electron chi connectivity index (χ4n) is 2.96. The van der Waals surface area contributed by atoms with E-state index in [4.69, 9.17) is 10.2 Å². The van der Waals surface area contributed by atoms with E-state index in [1.807, 2.05) is 31.2 Å². The molecular formula is C16H21ClN2O2. The van der Waals surface area contributed by atoms with Crippen LogP contribution in [0, 0.1) is 12.8 Å². The highest BCUT2D eigenvalue weighted by Gasteiger charge is 2.27. The number of amides is 1. The van der Waals surface area contributed by atoms with Gasteiger partial charge in [0.2, 0.25) is 5.91 Å². The molecule has 2 atom stereocenters. The zero-order chi connectivity index (χ0) is 14.1. The zero-order valence-electron chi connectivity index (χ0n) is 12.1. The lowest BCUT2D eigenvalue weighted by Crippen LogP contribution is -2.30. The lowest BCUT2D eigenvalue weighted by molar-refractivity contribution is -0.125. The Labute approximate surface area is 130 Å². The molecule has 3 rings (SSSR count). The zero-order valence-corrected chi connectivity index (χ0v) is 12.9. The van der Waals surface area contributed by atoms with Gasteiger partial charge in [0.15, 0.2) is 0 Å². The van der Waals surface area contributed by atoms with E-state index >= 15 is 0 Å². The van der Waals surface area contributed by atoms with E-state index in [0.29, 0.717) is 6.54 Å². The smallest absolute Gasteiger partial charge is 0.223 e. The van der Waals surface area contributed by atoms with Crippen LogP contribution in [-0.4, -0.2) is 11.9 Å². The molecule has 4 nitrogen and oxygen atoms in total. The first-order valence-electron chi connectivity index (χ1n) is 7.15. The number of rotatable bonds is 3. The van der Waals surface area contributed by atoms with Gasteiger partial charge in [-0.1, -0.05) is 18.2 Å². The van der Waals surface area contributed by atoms with E-state index < -0.39 is 0 Å². The minimum absolute atomic E-state index is 0. The van der Waals surface area contributed by atoms with Gasteiger partial charge in [-0.2, -0.15) is 0 Å². The maximum absolute atomic E-state index is 12.1. The number of hydrogen-bond donors (Lipinski definition) is 2. The highest BCUT2D eigenvalue weighted by atomic mass is 35.5. The van der Waals surface area contributed by atoms with Gasteiger partial charge >= 0.3 is 0 Å². The number of nitrogens with one attached hydrogen (secondary N) is 1. The van der Waals surface area contributed by atoms with Gasteiger partial charge in [-0.15, -0.1) is 12.4 Å². The predicted molar refractivity (Wildman–Crippen MR) is 85.4 cm³/mol. The average molecular weight is 309 g/mol. The van der Waals surface area contributed by atoms with E-state index in [-0.39, 0.29) is 30.3 Å². The summed E-state index contributed by atoms with van der Waals surface area (Å²) >= 11 is 0. The first-order valence-corrected chi connectivity index (χ1v) is 7.15. The summed E-state index contributed by atoms with van der Waals surface area (Å²) in [5, 5.41) is 4.09. The van der Waals surface area contributed by atoms with Gasteiger partial charge in [-0.25, -0.2) is 0 Å². The first-order chi connectivity index (χ1) is 9.65. The van der Waals surface area contributed by atoms with Crippen LogP contribution in [0.3, 0.4) is 0 Å². The fraction of sp³-hybridized carbons (Fsp3) is 0.438. The van der Waals surface area contributed by atoms with Crippen molar-refractivity contribution in [1.29, 1.82) is 0 Å². The van der Waals surface area contributed by atoms with Crippen molar-refractivity contribution in [2.75, 3.05) is 0 Å². The highest BCUT2D eigenvalue weighted by Crippen LogP contribution is 2.26. The molecule has 1 aliphatic carbocycles. The maximum atomic E-state index is 12.1. The van der Waals surface area contributed by atoms with Gasteiger partial charge < -0.3 is 15.5 Å². The SMILES string of the molecule is Cc1c(CNC(=O)C2CCC(N)C2)oc2ccccc12.Cl. The van der Waals surface area contributed by atoms with Crippen molar-refractivity contribution in [3.63, 3.8) is 0 Å². The van der Waals surface area contributed by atoms with E-state index in [9.17, 15) is 4.79 Å². The molecule has 0 bridgehead atoms. The number of aryl methyl sites for hydroxylation is 1. The van der Waals surface area contributed by atoms with Crippen molar-refractivity contribution in [1.82, 2.24) is 5.32 Å². The quantitative estimate of drug-likeness (QED) is 0.916. The Kier molecular flexibility index (Phi) is 4.91. The fourth-order valence-corrected chi connectivity index (χ4v) is 2.96. The van der Waals surface area contributed by atoms with Crippen LogP contribution in [0.5, 0.6) is 0 Å². The number of halogens is 1. The van der Waals surface area contributed by atoms with E-state index in [0.717, 1.165) is 41.6 Å². The second kappa shape index (κ2) is 6.50. The highest BCUT2D eigenvalue weighted by molar-refractivity contribution is 5.85. The number of benzene rings is 1. The molecule has 1 amide bonds. The van der Waals surface area contributed by atoms with E-state index in [1.165, 1.54) is 0 Å². The van der Waals surface area contributed by atoms with Crippen LogP contribution in [0.15, 0.2) is 28.7 Å². The molecule has 0 spiro atoms. The Morgan fingerprint density at radius 3 is 2.81 bits per heavy atom. The van der Waals surface area contributed by atoms with Gasteiger partial charge in [0.1, 0.15) is 11.3 Å². The van der Waals surface area contributed by atoms with E-state index in [2.05, 4.69) is 5.32 Å². The Balaban J connectivity index is 0.00000161. The number of hydrogen-bond acceptors (Lipinski definition) is 3. The third-order valence-corrected chi connectivity index (χ3v) is 4.21. The molecule has 21 heavy (non-hydrogen) atoms. The van der Waals surface area contributed by atoms with Crippen LogP contribution < -0.4 is 11.1 Å². The van der Waals surface area contributed by atoms with Crippen LogP contribution in [0.2, 0.25) is 0 Å². The number of furan rings is 1. The lowest BCUT2D eigenvalue weighted by Gasteiger charge is -2.09. The third kappa shape index (κ3) is 3.22. The second-order valence-electron chi connectivity index (χ2n) is 5.63. The summed E-state index contributed by atoms with van der Waals surface area (Å²) in [5.74, 6) is 0.995. The molecule has 0 saturated heterocycles. The van der Waals surface area contributed by atoms with Gasteiger partial charge in [-0.05, 0) is 32.3 Å². The summed E-state index contributed by atoms with van der Waals surface area (Å²) in [6.45, 7) is 2.48. The first kappa shape index (κ1) is 15.9. The maximum Gasteiger partial charge on any atom is 0.223 e. The van der Waals surface area contributed by atoms with Crippen LogP contribution in [0.4, 0.5) is 0 Å². The monoisotopic (exact) mass is 308 g/mol. The molecule has 1 aromatic carbocycles. The summed E-state index contributed by atoms with van der Waals surface area (Å²) in [4.78, 5) is 12.1. The molecular weight excluding hydrogens is 288 g/mol. The molecule has 5 heteroatoms. The Morgan fingerprint density at radius 1 is 1.38 bits per heavy atom. The van der Waals surface area contributed by atoms with Gasteiger partial charge in [-0.3, -0.25) is 4.79 Å². The minimum Gasteiger partial charge on any atom is -0.459 e. The summed E-state index contributed by atoms with van der Waals surface area (Å²) in [5.41, 5.74) is 7.82. The van der Waals surface area contributed by atoms with E-state index in [1.54, 1.807) is 0 Å². The van der Waals surface area contributed by atoms with Gasteiger partial charge in [0.05, 0.1) is 6.54 Å². The summed E-state index contributed by atoms with van der Waals surface area (Å²) in [7, 11) is 0. The Bertz CT molecular complexity index is 638. The Hall–Kier alpha value is -1.52. The van der Waals surface area contributed by atoms with Gasteiger partial charge in [0.25, 0.3) is 0 Å². The molecule has 0 radical (unpaired) electrons. The number of carbonyl (C=O) groups is 1. The van der Waals surface area contributed by atoms with Crippen LogP contribution >= 0.6 is 12.4 Å². The lowest BCUT2D eigenvalue weighted by atomic mass is 10.1. The molecule has 1 aliphatic rings. The van der Waals surface area contributed by atoms with Crippen molar-refractivity contribution >= 4 is 29.3 Å². The molecule has 0 aliphatic heterocycles. The molecule has 2 aromatic rings. The normalized spacial score (nSPS) is 21.2. The predicted octanol–water partition coefficient (Wildman–Crippen LogP) is 2.91. The van der Waals surface area contributed by atoms with Crippen LogP contribution in [-0.2, 0) is 11.3 Å². The molecule has 1 heterocycles. The number of para-hydroxylation sites is 1. The molecule has 1 fully saturated rings. The number of carbonyl (C=O) groups excluding carboxylic acids is 1. The summed E-state index contributed by atoms with van der Waals surface area (Å²) in [6, 6.07) is 8.11. The Morgan fingerprint density at radius 2 is 2.14 bits per heavy atom. The van der Waals surface area contributed by atoms with Crippen molar-refractivity contribution in [2.24, 2.45) is 11.7 Å². The second-order valence-corrected chi connectivity index (χ2v) is 5.63. The molecule has 2 unspecified atom stereocenters.